The molecule has 0 saturated heterocycles. The second kappa shape index (κ2) is 6.69. The number of aryl methyl sites for hydroxylation is 1. The van der Waals surface area contributed by atoms with E-state index in [1.807, 2.05) is 19.1 Å². The Morgan fingerprint density at radius 1 is 1.24 bits per heavy atom. The largest absolute Gasteiger partial charge is 0.487 e. The third-order valence-corrected chi connectivity index (χ3v) is 4.50. The molecule has 2 aromatic rings. The smallest absolute Gasteiger partial charge is 0.139 e. The number of halogens is 3. The molecule has 2 rings (SSSR count). The van der Waals surface area contributed by atoms with E-state index in [4.69, 9.17) is 39.1 Å². The van der Waals surface area contributed by atoms with Crippen LogP contribution in [0.3, 0.4) is 0 Å². The third-order valence-electron chi connectivity index (χ3n) is 3.01. The van der Waals surface area contributed by atoms with E-state index in [9.17, 15) is 0 Å². The lowest BCUT2D eigenvalue weighted by molar-refractivity contribution is 0.305. The highest BCUT2D eigenvalue weighted by Crippen LogP contribution is 2.34. The van der Waals surface area contributed by atoms with Crippen molar-refractivity contribution >= 4 is 45.0 Å². The summed E-state index contributed by atoms with van der Waals surface area (Å²) in [6.45, 7) is 2.31. The Morgan fingerprint density at radius 3 is 2.57 bits per heavy atom. The summed E-state index contributed by atoms with van der Waals surface area (Å²) in [7, 11) is 0. The molecule has 0 amide bonds. The number of benzene rings is 2. The van der Waals surface area contributed by atoms with Crippen LogP contribution >= 0.6 is 39.1 Å². The average molecular weight is 388 g/mol. The highest BCUT2D eigenvalue weighted by atomic mass is 79.9. The molecule has 6 heteroatoms. The van der Waals surface area contributed by atoms with E-state index in [0.29, 0.717) is 28.0 Å². The fraction of sp³-hybridized carbons (Fsp3) is 0.133. The van der Waals surface area contributed by atoms with Crippen LogP contribution < -0.4 is 10.5 Å². The van der Waals surface area contributed by atoms with Crippen molar-refractivity contribution < 1.29 is 4.74 Å². The Bertz CT molecular complexity index is 704. The minimum atomic E-state index is 0.0494. The second-order valence-electron chi connectivity index (χ2n) is 4.54. The van der Waals surface area contributed by atoms with Gasteiger partial charge in [-0.3, -0.25) is 5.41 Å². The van der Waals surface area contributed by atoms with Crippen LogP contribution in [0.4, 0.5) is 0 Å². The maximum absolute atomic E-state index is 7.42. The third kappa shape index (κ3) is 3.90. The van der Waals surface area contributed by atoms with Gasteiger partial charge in [0.1, 0.15) is 18.2 Å². The van der Waals surface area contributed by atoms with Crippen molar-refractivity contribution in [3.8, 4) is 5.75 Å². The number of nitrogens with two attached hydrogens (primary N) is 1. The molecule has 0 aromatic heterocycles. The molecule has 0 saturated carbocycles. The minimum absolute atomic E-state index is 0.0494. The fourth-order valence-electron chi connectivity index (χ4n) is 1.80. The van der Waals surface area contributed by atoms with Crippen LogP contribution in [0, 0.1) is 12.3 Å². The molecule has 21 heavy (non-hydrogen) atoms. The Kier molecular flexibility index (Phi) is 5.14. The van der Waals surface area contributed by atoms with Crippen LogP contribution in [0.1, 0.15) is 16.7 Å². The summed E-state index contributed by atoms with van der Waals surface area (Å²) < 4.78 is 6.44. The molecular weight excluding hydrogens is 375 g/mol. The highest BCUT2D eigenvalue weighted by molar-refractivity contribution is 9.10. The zero-order valence-corrected chi connectivity index (χ0v) is 14.3. The first kappa shape index (κ1) is 16.1. The molecule has 0 aliphatic rings. The van der Waals surface area contributed by atoms with Gasteiger partial charge in [0.2, 0.25) is 0 Å². The van der Waals surface area contributed by atoms with Gasteiger partial charge in [-0.2, -0.15) is 0 Å². The van der Waals surface area contributed by atoms with Gasteiger partial charge in [0.25, 0.3) is 0 Å². The van der Waals surface area contributed by atoms with Crippen LogP contribution in [0.5, 0.6) is 5.75 Å². The van der Waals surface area contributed by atoms with Gasteiger partial charge in [-0.1, -0.05) is 35.3 Å². The molecule has 2 aromatic carbocycles. The van der Waals surface area contributed by atoms with Crippen LogP contribution in [-0.2, 0) is 6.61 Å². The van der Waals surface area contributed by atoms with E-state index in [2.05, 4.69) is 15.9 Å². The summed E-state index contributed by atoms with van der Waals surface area (Å²) in [5.41, 5.74) is 8.16. The number of hydrogen-bond donors (Lipinski definition) is 2. The molecule has 110 valence electrons. The number of nitrogens with one attached hydrogen (secondary N) is 1. The molecule has 0 aliphatic carbocycles. The normalized spacial score (nSPS) is 10.5. The summed E-state index contributed by atoms with van der Waals surface area (Å²) in [6.07, 6.45) is 0. The zero-order valence-electron chi connectivity index (χ0n) is 11.2. The van der Waals surface area contributed by atoms with E-state index in [-0.39, 0.29) is 5.84 Å². The summed E-state index contributed by atoms with van der Waals surface area (Å²) >= 11 is 15.5. The summed E-state index contributed by atoms with van der Waals surface area (Å²) in [5, 5.41) is 8.45. The van der Waals surface area contributed by atoms with Gasteiger partial charge in [0.15, 0.2) is 0 Å². The monoisotopic (exact) mass is 386 g/mol. The van der Waals surface area contributed by atoms with Gasteiger partial charge >= 0.3 is 0 Å². The maximum atomic E-state index is 7.42. The average Bonchev–Trinajstić information content (AvgIpc) is 2.42. The van der Waals surface area contributed by atoms with Gasteiger partial charge < -0.3 is 10.5 Å². The molecule has 0 unspecified atom stereocenters. The SMILES string of the molecule is Cc1cc(C(=N)N)ccc1COc1cc(Cl)c(Br)cc1Cl. The molecule has 0 fully saturated rings. The van der Waals surface area contributed by atoms with E-state index >= 15 is 0 Å². The lowest BCUT2D eigenvalue weighted by Gasteiger charge is -2.12. The summed E-state index contributed by atoms with van der Waals surface area (Å²) in [4.78, 5) is 0. The summed E-state index contributed by atoms with van der Waals surface area (Å²) in [5.74, 6) is 0.577. The van der Waals surface area contributed by atoms with Crippen LogP contribution in [0.15, 0.2) is 34.8 Å². The van der Waals surface area contributed by atoms with Crippen molar-refractivity contribution in [3.05, 3.63) is 61.5 Å². The second-order valence-corrected chi connectivity index (χ2v) is 6.21. The standard InChI is InChI=1S/C15H13BrCl2N2O/c1-8-4-9(15(19)20)2-3-10(8)7-21-14-6-12(17)11(16)5-13(14)18/h2-6H,7H2,1H3,(H3,19,20). The van der Waals surface area contributed by atoms with Gasteiger partial charge in [-0.25, -0.2) is 0 Å². The summed E-state index contributed by atoms with van der Waals surface area (Å²) in [6, 6.07) is 8.92. The van der Waals surface area contributed by atoms with Crippen molar-refractivity contribution in [3.63, 3.8) is 0 Å². The van der Waals surface area contributed by atoms with E-state index in [1.165, 1.54) is 0 Å². The first-order valence-electron chi connectivity index (χ1n) is 6.09. The van der Waals surface area contributed by atoms with Gasteiger partial charge in [0, 0.05) is 16.1 Å². The molecule has 3 nitrogen and oxygen atoms in total. The zero-order chi connectivity index (χ0) is 15.6. The number of amidine groups is 1. The van der Waals surface area contributed by atoms with Crippen LogP contribution in [0.25, 0.3) is 0 Å². The van der Waals surface area contributed by atoms with Crippen molar-refractivity contribution in [2.45, 2.75) is 13.5 Å². The Hall–Kier alpha value is -1.23. The number of hydrogen-bond acceptors (Lipinski definition) is 2. The predicted octanol–water partition coefficient (Wildman–Crippen LogP) is 4.93. The Labute approximate surface area is 141 Å². The van der Waals surface area contributed by atoms with Gasteiger partial charge in [-0.05, 0) is 46.1 Å². The van der Waals surface area contributed by atoms with Crippen LogP contribution in [-0.4, -0.2) is 5.84 Å². The van der Waals surface area contributed by atoms with Crippen molar-refractivity contribution in [1.82, 2.24) is 0 Å². The topological polar surface area (TPSA) is 59.1 Å². The van der Waals surface area contributed by atoms with Crippen LogP contribution in [0.2, 0.25) is 10.0 Å². The molecule has 0 aliphatic heterocycles. The predicted molar refractivity (Wildman–Crippen MR) is 90.7 cm³/mol. The molecule has 0 spiro atoms. The first-order valence-corrected chi connectivity index (χ1v) is 7.64. The molecule has 3 N–H and O–H groups in total. The Morgan fingerprint density at radius 2 is 1.95 bits per heavy atom. The van der Waals surface area contributed by atoms with Gasteiger partial charge in [-0.15, -0.1) is 0 Å². The number of rotatable bonds is 4. The maximum Gasteiger partial charge on any atom is 0.139 e. The lowest BCUT2D eigenvalue weighted by Crippen LogP contribution is -2.11. The molecular formula is C15H13BrCl2N2O. The first-order chi connectivity index (χ1) is 9.88. The Balaban J connectivity index is 2.17. The van der Waals surface area contributed by atoms with Crippen molar-refractivity contribution in [1.29, 1.82) is 5.41 Å². The number of nitrogen functional groups attached to an aromatic ring is 1. The molecule has 0 atom stereocenters. The molecule has 0 bridgehead atoms. The lowest BCUT2D eigenvalue weighted by atomic mass is 10.1. The minimum Gasteiger partial charge on any atom is -0.487 e. The number of ether oxygens (including phenoxy) is 1. The van der Waals surface area contributed by atoms with E-state index in [0.717, 1.165) is 15.6 Å². The van der Waals surface area contributed by atoms with Gasteiger partial charge in [0.05, 0.1) is 10.0 Å². The van der Waals surface area contributed by atoms with E-state index in [1.54, 1.807) is 18.2 Å². The van der Waals surface area contributed by atoms with E-state index < -0.39 is 0 Å². The quantitative estimate of drug-likeness (QED) is 0.444. The molecule has 0 heterocycles. The highest BCUT2D eigenvalue weighted by Gasteiger charge is 2.08. The van der Waals surface area contributed by atoms with Crippen molar-refractivity contribution in [2.75, 3.05) is 0 Å². The fourth-order valence-corrected chi connectivity index (χ4v) is 2.64. The van der Waals surface area contributed by atoms with Crippen molar-refractivity contribution in [2.24, 2.45) is 5.73 Å². The molecule has 0 radical (unpaired) electrons.